The molecule has 7 aromatic carbocycles. The molecule has 0 spiro atoms. The molecule has 0 saturated carbocycles. The highest BCUT2D eigenvalue weighted by molar-refractivity contribution is 7.26. The molecule has 0 bridgehead atoms. The monoisotopic (exact) mass is 689 g/mol. The van der Waals surface area contributed by atoms with E-state index in [2.05, 4.69) is 146 Å². The van der Waals surface area contributed by atoms with Crippen LogP contribution in [0, 0.1) is 6.92 Å². The Morgan fingerprint density at radius 1 is 0.615 bits per heavy atom. The van der Waals surface area contributed by atoms with E-state index in [9.17, 15) is 0 Å². The van der Waals surface area contributed by atoms with Gasteiger partial charge in [-0.25, -0.2) is 4.99 Å². The van der Waals surface area contributed by atoms with Gasteiger partial charge < -0.3 is 9.32 Å². The first-order chi connectivity index (χ1) is 25.5. The van der Waals surface area contributed by atoms with Crippen LogP contribution < -0.4 is 4.90 Å². The van der Waals surface area contributed by atoms with Crippen LogP contribution in [0.25, 0.3) is 42.1 Å². The molecule has 2 aromatic heterocycles. The summed E-state index contributed by atoms with van der Waals surface area (Å²) < 4.78 is 9.18. The van der Waals surface area contributed by atoms with E-state index in [0.717, 1.165) is 50.0 Å². The molecule has 0 radical (unpaired) electrons. The van der Waals surface area contributed by atoms with Crippen LogP contribution in [-0.2, 0) is 5.54 Å². The maximum atomic E-state index is 6.62. The highest BCUT2D eigenvalue weighted by atomic mass is 32.1. The lowest BCUT2D eigenvalue weighted by Gasteiger charge is -2.28. The van der Waals surface area contributed by atoms with Crippen molar-refractivity contribution in [3.05, 3.63) is 186 Å². The molecule has 4 nitrogen and oxygen atoms in total. The van der Waals surface area contributed by atoms with Gasteiger partial charge in [0, 0.05) is 43.2 Å². The van der Waals surface area contributed by atoms with Crippen molar-refractivity contribution >= 4 is 83.1 Å². The number of para-hydroxylation sites is 1. The van der Waals surface area contributed by atoms with Gasteiger partial charge in [-0.15, -0.1) is 11.3 Å². The van der Waals surface area contributed by atoms with E-state index >= 15 is 0 Å². The molecular formula is C47H35N3OS. The standard InChI is InChI=1S/C47H35N3OS/c1-31-23-26-39-38-21-13-14-22-43(38)52-45(39)44(31)50(35-19-11-6-12-20-35)36-25-28-41-40(30-36)37-27-24-34(29-42(37)51-41)47(2,33-17-9-5-10-18-33)49-46(48-3)32-15-7-4-8-16-32/h4-30H,3H2,1-2H3/b49-46-. The first-order valence-corrected chi connectivity index (χ1v) is 18.2. The van der Waals surface area contributed by atoms with Gasteiger partial charge >= 0.3 is 0 Å². The molecular weight excluding hydrogens is 655 g/mol. The van der Waals surface area contributed by atoms with Crippen LogP contribution >= 0.6 is 11.3 Å². The average Bonchev–Trinajstić information content (AvgIpc) is 3.76. The average molecular weight is 690 g/mol. The third kappa shape index (κ3) is 5.29. The molecule has 9 rings (SSSR count). The molecule has 0 fully saturated rings. The number of hydrogen-bond acceptors (Lipinski definition) is 4. The van der Waals surface area contributed by atoms with Gasteiger partial charge in [0.15, 0.2) is 5.84 Å². The Kier molecular flexibility index (Phi) is 7.79. The van der Waals surface area contributed by atoms with Crippen molar-refractivity contribution in [2.45, 2.75) is 19.4 Å². The minimum atomic E-state index is -0.753. The first-order valence-electron chi connectivity index (χ1n) is 17.4. The van der Waals surface area contributed by atoms with Crippen molar-refractivity contribution in [3.8, 4) is 0 Å². The van der Waals surface area contributed by atoms with E-state index in [4.69, 9.17) is 9.41 Å². The van der Waals surface area contributed by atoms with Crippen LogP contribution in [0.4, 0.5) is 17.1 Å². The number of nitrogens with zero attached hydrogens (tertiary/aromatic N) is 3. The molecule has 2 heterocycles. The van der Waals surface area contributed by atoms with Gasteiger partial charge in [-0.1, -0.05) is 121 Å². The van der Waals surface area contributed by atoms with Gasteiger partial charge in [-0.05, 0) is 79.7 Å². The Morgan fingerprint density at radius 2 is 1.31 bits per heavy atom. The molecule has 0 aliphatic heterocycles. The van der Waals surface area contributed by atoms with Crippen molar-refractivity contribution in [1.29, 1.82) is 0 Å². The summed E-state index contributed by atoms with van der Waals surface area (Å²) in [6, 6.07) is 57.2. The molecule has 0 saturated heterocycles. The number of furan rings is 1. The van der Waals surface area contributed by atoms with Gasteiger partial charge in [-0.3, -0.25) is 4.99 Å². The van der Waals surface area contributed by atoms with Gasteiger partial charge in [0.1, 0.15) is 16.7 Å². The Morgan fingerprint density at radius 3 is 2.08 bits per heavy atom. The molecule has 52 heavy (non-hydrogen) atoms. The fourth-order valence-electron chi connectivity index (χ4n) is 7.39. The minimum absolute atomic E-state index is 0.589. The molecule has 9 aromatic rings. The van der Waals surface area contributed by atoms with Crippen molar-refractivity contribution in [2.24, 2.45) is 9.98 Å². The van der Waals surface area contributed by atoms with E-state index in [-0.39, 0.29) is 0 Å². The van der Waals surface area contributed by atoms with E-state index < -0.39 is 5.54 Å². The Bertz CT molecular complexity index is 2780. The van der Waals surface area contributed by atoms with Gasteiger partial charge in [-0.2, -0.15) is 0 Å². The van der Waals surface area contributed by atoms with Crippen LogP contribution in [0.2, 0.25) is 0 Å². The molecule has 5 heteroatoms. The largest absolute Gasteiger partial charge is 0.456 e. The highest BCUT2D eigenvalue weighted by Gasteiger charge is 2.30. The summed E-state index contributed by atoms with van der Waals surface area (Å²) in [5.41, 5.74) is 8.45. The second-order valence-electron chi connectivity index (χ2n) is 13.3. The zero-order valence-electron chi connectivity index (χ0n) is 29.0. The summed E-state index contributed by atoms with van der Waals surface area (Å²) in [5, 5.41) is 4.67. The lowest BCUT2D eigenvalue weighted by molar-refractivity contribution is 0.603. The number of aryl methyl sites for hydroxylation is 1. The summed E-state index contributed by atoms with van der Waals surface area (Å²) in [6.45, 7) is 8.22. The number of rotatable bonds is 7. The summed E-state index contributed by atoms with van der Waals surface area (Å²) in [5.74, 6) is 0.589. The zero-order valence-corrected chi connectivity index (χ0v) is 29.8. The second kappa shape index (κ2) is 12.8. The van der Waals surface area contributed by atoms with Crippen molar-refractivity contribution in [3.63, 3.8) is 0 Å². The SMILES string of the molecule is C=N/C(=N\C(C)(c1ccccc1)c1ccc2c(c1)oc1ccc(N(c3ccccc3)c3c(C)ccc4c3sc3ccccc34)cc12)c1ccccc1. The summed E-state index contributed by atoms with van der Waals surface area (Å²) in [4.78, 5) is 12.1. The quantitative estimate of drug-likeness (QED) is 0.123. The van der Waals surface area contributed by atoms with E-state index in [1.54, 1.807) is 0 Å². The maximum Gasteiger partial charge on any atom is 0.155 e. The molecule has 250 valence electrons. The van der Waals surface area contributed by atoms with Gasteiger partial charge in [0.05, 0.1) is 10.4 Å². The fourth-order valence-corrected chi connectivity index (χ4v) is 8.68. The Hall–Kier alpha value is -6.30. The Balaban J connectivity index is 1.22. The number of hydrogen-bond donors (Lipinski definition) is 0. The number of aliphatic imine (C=N–C) groups is 2. The number of thiophene rings is 1. The zero-order chi connectivity index (χ0) is 35.2. The van der Waals surface area contributed by atoms with E-state index in [1.807, 2.05) is 59.9 Å². The van der Waals surface area contributed by atoms with Crippen molar-refractivity contribution in [1.82, 2.24) is 0 Å². The number of fused-ring (bicyclic) bond motifs is 6. The maximum absolute atomic E-state index is 6.62. The third-order valence-electron chi connectivity index (χ3n) is 10.1. The molecule has 1 atom stereocenters. The lowest BCUT2D eigenvalue weighted by Crippen LogP contribution is -2.23. The third-order valence-corrected chi connectivity index (χ3v) is 11.3. The topological polar surface area (TPSA) is 41.1 Å². The molecule has 0 aliphatic rings. The highest BCUT2D eigenvalue weighted by Crippen LogP contribution is 2.47. The van der Waals surface area contributed by atoms with Crippen LogP contribution in [0.5, 0.6) is 0 Å². The summed E-state index contributed by atoms with van der Waals surface area (Å²) >= 11 is 1.85. The number of benzene rings is 7. The van der Waals surface area contributed by atoms with Crippen LogP contribution in [0.3, 0.4) is 0 Å². The molecule has 0 amide bonds. The first kappa shape index (κ1) is 31.7. The molecule has 0 aliphatic carbocycles. The Labute approximate surface area is 306 Å². The lowest BCUT2D eigenvalue weighted by atomic mass is 9.84. The van der Waals surface area contributed by atoms with Crippen molar-refractivity contribution < 1.29 is 4.42 Å². The second-order valence-corrected chi connectivity index (χ2v) is 14.3. The van der Waals surface area contributed by atoms with Gasteiger partial charge in [0.2, 0.25) is 0 Å². The van der Waals surface area contributed by atoms with E-state index in [0.29, 0.717) is 5.84 Å². The van der Waals surface area contributed by atoms with E-state index in [1.165, 1.54) is 31.4 Å². The molecule has 1 unspecified atom stereocenters. The number of anilines is 3. The van der Waals surface area contributed by atoms with Crippen molar-refractivity contribution in [2.75, 3.05) is 4.90 Å². The predicted octanol–water partition coefficient (Wildman–Crippen LogP) is 13.1. The summed E-state index contributed by atoms with van der Waals surface area (Å²) in [6.07, 6.45) is 0. The number of amidine groups is 1. The normalized spacial score (nSPS) is 13.2. The molecule has 0 N–H and O–H groups in total. The predicted molar refractivity (Wildman–Crippen MR) is 221 cm³/mol. The minimum Gasteiger partial charge on any atom is -0.456 e. The van der Waals surface area contributed by atoms with Crippen LogP contribution in [-0.4, -0.2) is 12.6 Å². The van der Waals surface area contributed by atoms with Crippen LogP contribution in [0.1, 0.15) is 29.2 Å². The summed E-state index contributed by atoms with van der Waals surface area (Å²) in [7, 11) is 0. The van der Waals surface area contributed by atoms with Crippen LogP contribution in [0.15, 0.2) is 178 Å². The van der Waals surface area contributed by atoms with Gasteiger partial charge in [0.25, 0.3) is 0 Å². The fraction of sp³-hybridized carbons (Fsp3) is 0.0638. The smallest absolute Gasteiger partial charge is 0.155 e.